The Bertz CT molecular complexity index is 1050. The number of aromatic nitrogens is 2. The van der Waals surface area contributed by atoms with Crippen molar-refractivity contribution in [3.63, 3.8) is 0 Å². The molecular weight excluding hydrogens is 320 g/mol. The molecular formula is C22H22N4. The van der Waals surface area contributed by atoms with Crippen molar-refractivity contribution in [1.29, 1.82) is 0 Å². The van der Waals surface area contributed by atoms with Crippen LogP contribution in [0.5, 0.6) is 0 Å². The predicted molar refractivity (Wildman–Crippen MR) is 108 cm³/mol. The molecule has 2 heterocycles. The van der Waals surface area contributed by atoms with Crippen LogP contribution in [0, 0.1) is 0 Å². The third-order valence-electron chi connectivity index (χ3n) is 4.80. The second-order valence-corrected chi connectivity index (χ2v) is 6.72. The predicted octanol–water partition coefficient (Wildman–Crippen LogP) is 4.41. The molecule has 1 aliphatic heterocycles. The molecule has 0 bridgehead atoms. The summed E-state index contributed by atoms with van der Waals surface area (Å²) in [4.78, 5) is 6.95. The Morgan fingerprint density at radius 2 is 1.88 bits per heavy atom. The van der Waals surface area contributed by atoms with Gasteiger partial charge < -0.3 is 15.2 Å². The largest absolute Gasteiger partial charge is 0.399 e. The smallest absolute Gasteiger partial charge is 0.142 e. The van der Waals surface area contributed by atoms with Crippen molar-refractivity contribution < 1.29 is 0 Å². The van der Waals surface area contributed by atoms with Crippen molar-refractivity contribution >= 4 is 22.3 Å². The minimum Gasteiger partial charge on any atom is -0.399 e. The van der Waals surface area contributed by atoms with Crippen molar-refractivity contribution in [2.75, 3.05) is 12.8 Å². The summed E-state index contributed by atoms with van der Waals surface area (Å²) in [6.45, 7) is 6.94. The molecule has 0 fully saturated rings. The average Bonchev–Trinajstić information content (AvgIpc) is 2.98. The summed E-state index contributed by atoms with van der Waals surface area (Å²) in [6, 6.07) is 16.3. The lowest BCUT2D eigenvalue weighted by Crippen LogP contribution is -2.16. The molecule has 1 aromatic heterocycles. The fourth-order valence-corrected chi connectivity index (χ4v) is 3.33. The van der Waals surface area contributed by atoms with E-state index in [4.69, 9.17) is 10.7 Å². The molecule has 2 aromatic carbocycles. The third kappa shape index (κ3) is 2.80. The number of hydrogen-bond donors (Lipinski definition) is 1. The van der Waals surface area contributed by atoms with E-state index < -0.39 is 0 Å². The number of anilines is 1. The highest BCUT2D eigenvalue weighted by Gasteiger charge is 2.18. The van der Waals surface area contributed by atoms with E-state index in [0.717, 1.165) is 45.9 Å². The quantitative estimate of drug-likeness (QED) is 0.717. The van der Waals surface area contributed by atoms with E-state index in [1.54, 1.807) is 0 Å². The van der Waals surface area contributed by atoms with Crippen LogP contribution in [0.15, 0.2) is 78.7 Å². The molecule has 4 nitrogen and oxygen atoms in total. The van der Waals surface area contributed by atoms with Gasteiger partial charge >= 0.3 is 0 Å². The fraction of sp³-hybridized carbons (Fsp3) is 0.136. The maximum atomic E-state index is 6.05. The molecule has 130 valence electrons. The van der Waals surface area contributed by atoms with E-state index in [1.165, 1.54) is 5.56 Å². The van der Waals surface area contributed by atoms with Crippen molar-refractivity contribution in [2.24, 2.45) is 0 Å². The van der Waals surface area contributed by atoms with Crippen LogP contribution in [0.2, 0.25) is 0 Å². The zero-order chi connectivity index (χ0) is 18.3. The Hall–Kier alpha value is -3.27. The van der Waals surface area contributed by atoms with Crippen LogP contribution in [0.25, 0.3) is 16.6 Å². The van der Waals surface area contributed by atoms with Gasteiger partial charge in [-0.2, -0.15) is 0 Å². The van der Waals surface area contributed by atoms with Gasteiger partial charge in [0.25, 0.3) is 0 Å². The summed E-state index contributed by atoms with van der Waals surface area (Å²) in [6.07, 6.45) is 4.23. The lowest BCUT2D eigenvalue weighted by atomic mass is 10.1. The van der Waals surface area contributed by atoms with Gasteiger partial charge in [-0.1, -0.05) is 36.9 Å². The van der Waals surface area contributed by atoms with Crippen LogP contribution >= 0.6 is 0 Å². The van der Waals surface area contributed by atoms with E-state index in [1.807, 2.05) is 36.2 Å². The first kappa shape index (κ1) is 16.2. The summed E-state index contributed by atoms with van der Waals surface area (Å²) in [7, 11) is 2.01. The second kappa shape index (κ2) is 6.23. The van der Waals surface area contributed by atoms with Crippen molar-refractivity contribution in [3.05, 3.63) is 90.0 Å². The summed E-state index contributed by atoms with van der Waals surface area (Å²) in [5, 5.41) is 0. The number of fused-ring (bicyclic) bond motifs is 1. The fourth-order valence-electron chi connectivity index (χ4n) is 3.33. The first-order chi connectivity index (χ1) is 12.5. The second-order valence-electron chi connectivity index (χ2n) is 6.72. The van der Waals surface area contributed by atoms with Crippen molar-refractivity contribution in [1.82, 2.24) is 14.5 Å². The number of likely N-dealkylation sites (N-methyl/N-ethyl adjacent to an activating group) is 1. The summed E-state index contributed by atoms with van der Waals surface area (Å²) in [5.74, 6) is 0.938. The Kier molecular flexibility index (Phi) is 3.88. The first-order valence-corrected chi connectivity index (χ1v) is 8.65. The number of nitrogens with zero attached hydrogens (tertiary/aromatic N) is 3. The molecule has 4 rings (SSSR count). The zero-order valence-electron chi connectivity index (χ0n) is 15.1. The highest BCUT2D eigenvalue weighted by Crippen LogP contribution is 2.30. The van der Waals surface area contributed by atoms with Gasteiger partial charge in [-0.05, 0) is 42.3 Å². The minimum absolute atomic E-state index is 0.741. The summed E-state index contributed by atoms with van der Waals surface area (Å²) < 4.78 is 2.23. The van der Waals surface area contributed by atoms with Crippen LogP contribution in [0.3, 0.4) is 0 Å². The van der Waals surface area contributed by atoms with Gasteiger partial charge in [0.15, 0.2) is 0 Å². The minimum atomic E-state index is 0.741. The number of nitrogen functional groups attached to an aromatic ring is 1. The number of allylic oxidation sites excluding steroid dienone is 3. The van der Waals surface area contributed by atoms with Gasteiger partial charge in [0.2, 0.25) is 0 Å². The van der Waals surface area contributed by atoms with E-state index in [9.17, 15) is 0 Å². The number of hydrogen-bond acceptors (Lipinski definition) is 3. The Balaban J connectivity index is 1.90. The number of rotatable bonds is 3. The monoisotopic (exact) mass is 342 g/mol. The Morgan fingerprint density at radius 3 is 2.62 bits per heavy atom. The summed E-state index contributed by atoms with van der Waals surface area (Å²) in [5.41, 5.74) is 13.2. The van der Waals surface area contributed by atoms with Crippen LogP contribution in [0.1, 0.15) is 18.3 Å². The molecule has 3 aromatic rings. The van der Waals surface area contributed by atoms with E-state index in [2.05, 4.69) is 54.6 Å². The molecule has 4 heteroatoms. The Morgan fingerprint density at radius 1 is 1.12 bits per heavy atom. The van der Waals surface area contributed by atoms with Crippen LogP contribution in [-0.2, 0) is 6.54 Å². The molecule has 0 amide bonds. The maximum absolute atomic E-state index is 6.05. The number of imidazole rings is 1. The van der Waals surface area contributed by atoms with Crippen LogP contribution in [-0.4, -0.2) is 21.5 Å². The van der Waals surface area contributed by atoms with E-state index in [-0.39, 0.29) is 0 Å². The normalized spacial score (nSPS) is 14.5. The molecule has 0 atom stereocenters. The number of benzene rings is 2. The molecule has 2 N–H and O–H groups in total. The maximum Gasteiger partial charge on any atom is 0.142 e. The van der Waals surface area contributed by atoms with Gasteiger partial charge in [-0.15, -0.1) is 0 Å². The van der Waals surface area contributed by atoms with Crippen LogP contribution < -0.4 is 5.73 Å². The van der Waals surface area contributed by atoms with Gasteiger partial charge in [0, 0.05) is 36.7 Å². The highest BCUT2D eigenvalue weighted by molar-refractivity contribution is 5.85. The molecule has 26 heavy (non-hydrogen) atoms. The average molecular weight is 342 g/mol. The van der Waals surface area contributed by atoms with Gasteiger partial charge in [-0.25, -0.2) is 4.98 Å². The molecule has 0 spiro atoms. The molecule has 1 aliphatic rings. The lowest BCUT2D eigenvalue weighted by molar-refractivity contribution is 0.577. The first-order valence-electron chi connectivity index (χ1n) is 8.65. The SMILES string of the molecule is C=C1C(C)=CC(c2nc3ccc(N)cc3n2Cc2ccccc2)=CN1C. The van der Waals surface area contributed by atoms with E-state index >= 15 is 0 Å². The molecule has 0 unspecified atom stereocenters. The van der Waals surface area contributed by atoms with Gasteiger partial charge in [0.1, 0.15) is 5.82 Å². The lowest BCUT2D eigenvalue weighted by Gasteiger charge is -2.24. The Labute approximate surface area is 153 Å². The molecule has 0 saturated carbocycles. The van der Waals surface area contributed by atoms with Gasteiger partial charge in [-0.3, -0.25) is 0 Å². The summed E-state index contributed by atoms with van der Waals surface area (Å²) >= 11 is 0. The standard InChI is InChI=1S/C22H22N4/c1-15-11-18(14-25(3)16(15)2)22-24-20-10-9-19(23)12-21(20)26(22)13-17-7-5-4-6-8-17/h4-12,14H,2,13,23H2,1,3H3. The van der Waals surface area contributed by atoms with Crippen LogP contribution in [0.4, 0.5) is 5.69 Å². The highest BCUT2D eigenvalue weighted by atomic mass is 15.1. The zero-order valence-corrected chi connectivity index (χ0v) is 15.1. The van der Waals surface area contributed by atoms with E-state index in [0.29, 0.717) is 0 Å². The topological polar surface area (TPSA) is 47.1 Å². The van der Waals surface area contributed by atoms with Crippen molar-refractivity contribution in [2.45, 2.75) is 13.5 Å². The molecule has 0 saturated heterocycles. The third-order valence-corrected chi connectivity index (χ3v) is 4.80. The number of nitrogens with two attached hydrogens (primary N) is 1. The van der Waals surface area contributed by atoms with Crippen molar-refractivity contribution in [3.8, 4) is 0 Å². The molecule has 0 radical (unpaired) electrons. The van der Waals surface area contributed by atoms with Gasteiger partial charge in [0.05, 0.1) is 11.0 Å². The molecule has 0 aliphatic carbocycles.